The lowest BCUT2D eigenvalue weighted by Crippen LogP contribution is -2.42. The highest BCUT2D eigenvalue weighted by Crippen LogP contribution is 2.35. The Hall–Kier alpha value is -2.55. The molecule has 0 bridgehead atoms. The molecule has 0 atom stereocenters. The lowest BCUT2D eigenvalue weighted by Gasteiger charge is -2.37. The van der Waals surface area contributed by atoms with Crippen molar-refractivity contribution in [3.63, 3.8) is 0 Å². The number of likely N-dealkylation sites (tertiary alicyclic amines) is 1. The van der Waals surface area contributed by atoms with Gasteiger partial charge in [0.15, 0.2) is 0 Å². The molecule has 0 spiro atoms. The molecule has 0 aromatic carbocycles. The summed E-state index contributed by atoms with van der Waals surface area (Å²) >= 11 is 0. The largest absolute Gasteiger partial charge is 0.346 e. The molecule has 2 aliphatic rings. The third-order valence-corrected chi connectivity index (χ3v) is 6.77. The van der Waals surface area contributed by atoms with Gasteiger partial charge in [-0.1, -0.05) is 0 Å². The van der Waals surface area contributed by atoms with E-state index in [0.29, 0.717) is 35.6 Å². The maximum Gasteiger partial charge on any atom is 0.329 e. The summed E-state index contributed by atoms with van der Waals surface area (Å²) in [7, 11) is 0. The van der Waals surface area contributed by atoms with Crippen molar-refractivity contribution in [2.45, 2.75) is 50.5 Å². The number of pyridine rings is 1. The van der Waals surface area contributed by atoms with Crippen LogP contribution < -0.4 is 11.2 Å². The molecule has 160 valence electrons. The smallest absolute Gasteiger partial charge is 0.329 e. The summed E-state index contributed by atoms with van der Waals surface area (Å²) < 4.78 is 28.5. The highest BCUT2D eigenvalue weighted by molar-refractivity contribution is 6.01. The second kappa shape index (κ2) is 7.30. The summed E-state index contributed by atoms with van der Waals surface area (Å²) in [6.45, 7) is 1.75. The second-order valence-electron chi connectivity index (χ2n) is 8.72. The van der Waals surface area contributed by atoms with Crippen molar-refractivity contribution < 1.29 is 8.78 Å². The highest BCUT2D eigenvalue weighted by atomic mass is 19.3. The Balaban J connectivity index is 1.37. The number of rotatable bonds is 3. The predicted molar refractivity (Wildman–Crippen MR) is 110 cm³/mol. The Bertz CT molecular complexity index is 1180. The Kier molecular flexibility index (Phi) is 4.72. The third kappa shape index (κ3) is 3.45. The number of nitrogens with one attached hydrogen (secondary N) is 2. The fourth-order valence-corrected chi connectivity index (χ4v) is 5.11. The van der Waals surface area contributed by atoms with Crippen LogP contribution in [-0.4, -0.2) is 50.0 Å². The molecule has 0 amide bonds. The van der Waals surface area contributed by atoms with E-state index < -0.39 is 11.5 Å². The molecule has 3 aromatic rings. The van der Waals surface area contributed by atoms with Gasteiger partial charge in [0.25, 0.3) is 11.5 Å². The minimum atomic E-state index is -2.51. The zero-order valence-electron chi connectivity index (χ0n) is 16.7. The van der Waals surface area contributed by atoms with Crippen molar-refractivity contribution in [2.24, 2.45) is 5.92 Å². The first-order valence-corrected chi connectivity index (χ1v) is 10.6. The van der Waals surface area contributed by atoms with Crippen molar-refractivity contribution in [3.05, 3.63) is 39.3 Å². The van der Waals surface area contributed by atoms with Crippen molar-refractivity contribution in [1.82, 2.24) is 24.4 Å². The van der Waals surface area contributed by atoms with Crippen LogP contribution in [0.2, 0.25) is 0 Å². The zero-order valence-corrected chi connectivity index (χ0v) is 16.7. The van der Waals surface area contributed by atoms with Crippen molar-refractivity contribution in [3.8, 4) is 0 Å². The maximum absolute atomic E-state index is 13.4. The van der Waals surface area contributed by atoms with Gasteiger partial charge in [-0.3, -0.25) is 14.3 Å². The SMILES string of the molecule is O=c1[nH]c(=O)n([C@H]2CC[C@H](CN3CCC(F)(F)CC3)CC2)c2c1cnc1[nH]ccc12. The monoisotopic (exact) mass is 417 g/mol. The van der Waals surface area contributed by atoms with Gasteiger partial charge in [0.05, 0.1) is 10.9 Å². The fraction of sp³-hybridized carbons (Fsp3) is 0.571. The molecule has 1 aliphatic heterocycles. The van der Waals surface area contributed by atoms with Crippen LogP contribution in [-0.2, 0) is 0 Å². The summed E-state index contributed by atoms with van der Waals surface area (Å²) in [5.41, 5.74) is 0.480. The molecule has 4 heterocycles. The molecule has 0 unspecified atom stereocenters. The zero-order chi connectivity index (χ0) is 20.9. The van der Waals surface area contributed by atoms with E-state index in [-0.39, 0.29) is 24.6 Å². The molecule has 7 nitrogen and oxygen atoms in total. The number of H-pyrrole nitrogens is 2. The minimum absolute atomic E-state index is 0.000658. The van der Waals surface area contributed by atoms with Crippen LogP contribution in [0.3, 0.4) is 0 Å². The number of hydrogen-bond donors (Lipinski definition) is 2. The molecule has 0 radical (unpaired) electrons. The van der Waals surface area contributed by atoms with E-state index in [1.165, 1.54) is 6.20 Å². The van der Waals surface area contributed by atoms with Gasteiger partial charge in [0, 0.05) is 56.3 Å². The number of nitrogens with zero attached hydrogens (tertiary/aromatic N) is 3. The summed E-state index contributed by atoms with van der Waals surface area (Å²) in [6, 6.07) is 1.84. The van der Waals surface area contributed by atoms with Crippen LogP contribution in [0.4, 0.5) is 8.78 Å². The van der Waals surface area contributed by atoms with Gasteiger partial charge in [-0.25, -0.2) is 18.6 Å². The van der Waals surface area contributed by atoms with E-state index in [4.69, 9.17) is 0 Å². The Morgan fingerprint density at radius 2 is 1.83 bits per heavy atom. The maximum atomic E-state index is 13.4. The first-order valence-electron chi connectivity index (χ1n) is 10.6. The van der Waals surface area contributed by atoms with Crippen LogP contribution >= 0.6 is 0 Å². The average molecular weight is 417 g/mol. The number of piperidine rings is 1. The quantitative estimate of drug-likeness (QED) is 0.686. The molecule has 2 fully saturated rings. The first-order chi connectivity index (χ1) is 14.4. The minimum Gasteiger partial charge on any atom is -0.346 e. The van der Waals surface area contributed by atoms with Gasteiger partial charge in [-0.15, -0.1) is 0 Å². The van der Waals surface area contributed by atoms with Gasteiger partial charge < -0.3 is 9.88 Å². The summed E-state index contributed by atoms with van der Waals surface area (Å²) in [6.07, 6.45) is 6.68. The molecule has 9 heteroatoms. The standard InChI is InChI=1S/C21H25F2N5O2/c22-21(23)6-9-27(10-7-21)12-13-1-3-14(4-2-13)28-17-15-5-8-24-18(15)25-11-16(17)19(29)26-20(28)30/h5,8,11,13-14H,1-4,6-7,9-10,12H2,(H,24,25)(H,26,29,30)/t13-,14-. The van der Waals surface area contributed by atoms with Crippen molar-refractivity contribution in [2.75, 3.05) is 19.6 Å². The first kappa shape index (κ1) is 19.4. The molecule has 1 saturated carbocycles. The molecule has 1 saturated heterocycles. The van der Waals surface area contributed by atoms with Crippen molar-refractivity contribution >= 4 is 21.9 Å². The Morgan fingerprint density at radius 1 is 1.10 bits per heavy atom. The van der Waals surface area contributed by atoms with Crippen LogP contribution in [0.5, 0.6) is 0 Å². The van der Waals surface area contributed by atoms with Gasteiger partial charge in [-0.05, 0) is 37.7 Å². The molecule has 2 N–H and O–H groups in total. The highest BCUT2D eigenvalue weighted by Gasteiger charge is 2.35. The molecule has 30 heavy (non-hydrogen) atoms. The van der Waals surface area contributed by atoms with E-state index in [2.05, 4.69) is 19.9 Å². The summed E-state index contributed by atoms with van der Waals surface area (Å²) in [5.74, 6) is -2.06. The van der Waals surface area contributed by atoms with Gasteiger partial charge in [0.2, 0.25) is 0 Å². The van der Waals surface area contributed by atoms with E-state index in [0.717, 1.165) is 37.6 Å². The fourth-order valence-electron chi connectivity index (χ4n) is 5.11. The van der Waals surface area contributed by atoms with E-state index in [1.807, 2.05) is 6.07 Å². The van der Waals surface area contributed by atoms with Crippen LogP contribution in [0.15, 0.2) is 28.0 Å². The predicted octanol–water partition coefficient (Wildman–Crippen LogP) is 3.03. The normalized spacial score (nSPS) is 25.1. The van der Waals surface area contributed by atoms with Crippen LogP contribution in [0.25, 0.3) is 21.9 Å². The van der Waals surface area contributed by atoms with Gasteiger partial charge >= 0.3 is 5.69 Å². The molecular weight excluding hydrogens is 392 g/mol. The molecule has 5 rings (SSSR count). The van der Waals surface area contributed by atoms with Gasteiger partial charge in [-0.2, -0.15) is 0 Å². The number of aromatic nitrogens is 4. The molecular formula is C21H25F2N5O2. The number of aromatic amines is 2. The van der Waals surface area contributed by atoms with E-state index in [9.17, 15) is 18.4 Å². The lowest BCUT2D eigenvalue weighted by atomic mass is 9.85. The van der Waals surface area contributed by atoms with Crippen LogP contribution in [0, 0.1) is 5.92 Å². The van der Waals surface area contributed by atoms with Crippen LogP contribution in [0.1, 0.15) is 44.6 Å². The average Bonchev–Trinajstić information content (AvgIpc) is 3.20. The molecule has 3 aromatic heterocycles. The summed E-state index contributed by atoms with van der Waals surface area (Å²) in [5, 5.41) is 1.19. The summed E-state index contributed by atoms with van der Waals surface area (Å²) in [4.78, 5) is 37.0. The Morgan fingerprint density at radius 3 is 2.57 bits per heavy atom. The van der Waals surface area contributed by atoms with E-state index in [1.54, 1.807) is 10.8 Å². The molecule has 1 aliphatic carbocycles. The van der Waals surface area contributed by atoms with Gasteiger partial charge in [0.1, 0.15) is 5.65 Å². The van der Waals surface area contributed by atoms with Crippen molar-refractivity contribution in [1.29, 1.82) is 0 Å². The second-order valence-corrected chi connectivity index (χ2v) is 8.72. The lowest BCUT2D eigenvalue weighted by molar-refractivity contribution is -0.0582. The topological polar surface area (TPSA) is 86.8 Å². The van der Waals surface area contributed by atoms with E-state index >= 15 is 0 Å². The number of alkyl halides is 2. The number of hydrogen-bond acceptors (Lipinski definition) is 4. The third-order valence-electron chi connectivity index (χ3n) is 6.77. The Labute approximate surface area is 171 Å². The number of fused-ring (bicyclic) bond motifs is 3. The number of halogens is 2.